The fourth-order valence-electron chi connectivity index (χ4n) is 4.19. The summed E-state index contributed by atoms with van der Waals surface area (Å²) in [6, 6.07) is 13.8. The lowest BCUT2D eigenvalue weighted by Crippen LogP contribution is -2.34. The van der Waals surface area contributed by atoms with Gasteiger partial charge in [0, 0.05) is 24.6 Å². The number of esters is 2. The van der Waals surface area contributed by atoms with E-state index in [4.69, 9.17) is 27.2 Å². The van der Waals surface area contributed by atoms with Gasteiger partial charge in [0.2, 0.25) is 0 Å². The molecule has 0 atom stereocenters. The standard InChI is InChI=1S/C30H41N4O5S.CH4O3S/c1-9-34(18-19-39-27(36)30(4,5)17-16-29(2,3)26(35)38-8)22-12-10-21(11-13-22)31-32-28-33(6)24-15-14-23(37-7)20-25(24)40-28;1-5(2,3)4/h10-15,20H,9,16-19H2,1-8H3;1H3,(H,2,3,4)/q+1;/p-1. The Morgan fingerprint density at radius 1 is 0.978 bits per heavy atom. The number of anilines is 1. The molecule has 12 nitrogen and oxygen atoms in total. The van der Waals surface area contributed by atoms with Crippen LogP contribution >= 0.6 is 11.3 Å². The van der Waals surface area contributed by atoms with Crippen molar-refractivity contribution >= 4 is 60.1 Å². The van der Waals surface area contributed by atoms with Crippen molar-refractivity contribution in [3.05, 3.63) is 42.5 Å². The summed E-state index contributed by atoms with van der Waals surface area (Å²) in [5, 5.41) is 9.69. The first-order valence-corrected chi connectivity index (χ1v) is 16.9. The van der Waals surface area contributed by atoms with E-state index >= 15 is 0 Å². The Hall–Kier alpha value is -3.62. The molecule has 0 fully saturated rings. The summed E-state index contributed by atoms with van der Waals surface area (Å²) in [6.07, 6.45) is 1.66. The summed E-state index contributed by atoms with van der Waals surface area (Å²) in [7, 11) is 1.09. The van der Waals surface area contributed by atoms with Gasteiger partial charge in [0.1, 0.15) is 23.6 Å². The van der Waals surface area contributed by atoms with E-state index in [-0.39, 0.29) is 18.5 Å². The lowest BCUT2D eigenvalue weighted by molar-refractivity contribution is -0.627. The van der Waals surface area contributed by atoms with E-state index in [2.05, 4.69) is 22.1 Å². The minimum atomic E-state index is -3.92. The minimum absolute atomic E-state index is 0.269. The molecule has 0 spiro atoms. The molecule has 3 aromatic rings. The average molecular weight is 665 g/mol. The summed E-state index contributed by atoms with van der Waals surface area (Å²) in [5.41, 5.74) is 1.48. The molecule has 0 saturated heterocycles. The number of azo groups is 1. The van der Waals surface area contributed by atoms with E-state index in [1.165, 1.54) is 7.11 Å². The number of hydrogen-bond donors (Lipinski definition) is 0. The first-order chi connectivity index (χ1) is 20.9. The molecular formula is C31H44N4O8S2. The molecule has 0 radical (unpaired) electrons. The smallest absolute Gasteiger partial charge is 0.409 e. The van der Waals surface area contributed by atoms with Gasteiger partial charge in [0.05, 0.1) is 58.6 Å². The van der Waals surface area contributed by atoms with Crippen LogP contribution in [-0.4, -0.2) is 65.1 Å². The third kappa shape index (κ3) is 11.7. The van der Waals surface area contributed by atoms with Crippen molar-refractivity contribution in [2.75, 3.05) is 45.1 Å². The van der Waals surface area contributed by atoms with Crippen LogP contribution in [0.2, 0.25) is 0 Å². The van der Waals surface area contributed by atoms with Crippen LogP contribution in [0.4, 0.5) is 16.5 Å². The first kappa shape index (κ1) is 37.6. The van der Waals surface area contributed by atoms with Crippen LogP contribution in [0.1, 0.15) is 47.5 Å². The van der Waals surface area contributed by atoms with E-state index in [9.17, 15) is 9.59 Å². The highest BCUT2D eigenvalue weighted by atomic mass is 32.2. The Balaban J connectivity index is 0.00000130. The van der Waals surface area contributed by atoms with Crippen molar-refractivity contribution in [3.63, 3.8) is 0 Å². The Labute approximate surface area is 269 Å². The monoisotopic (exact) mass is 664 g/mol. The second kappa shape index (κ2) is 16.1. The van der Waals surface area contributed by atoms with Gasteiger partial charge < -0.3 is 23.7 Å². The summed E-state index contributed by atoms with van der Waals surface area (Å²) in [4.78, 5) is 26.9. The highest BCUT2D eigenvalue weighted by Crippen LogP contribution is 2.33. The number of methoxy groups -OCH3 is 2. The molecule has 1 heterocycles. The average Bonchev–Trinajstić information content (AvgIpc) is 3.30. The molecule has 0 bridgehead atoms. The highest BCUT2D eigenvalue weighted by Gasteiger charge is 2.35. The zero-order valence-corrected chi connectivity index (χ0v) is 29.1. The predicted molar refractivity (Wildman–Crippen MR) is 173 cm³/mol. The molecule has 248 valence electrons. The third-order valence-electron chi connectivity index (χ3n) is 7.12. The van der Waals surface area contributed by atoms with Gasteiger partial charge in [-0.15, -0.1) is 0 Å². The number of carbonyl (C=O) groups is 2. The highest BCUT2D eigenvalue weighted by molar-refractivity contribution is 7.84. The van der Waals surface area contributed by atoms with Crippen LogP contribution in [0, 0.1) is 10.8 Å². The first-order valence-electron chi connectivity index (χ1n) is 14.3. The summed E-state index contributed by atoms with van der Waals surface area (Å²) >= 11 is 1.56. The number of rotatable bonds is 13. The van der Waals surface area contributed by atoms with Gasteiger partial charge in [-0.3, -0.25) is 9.59 Å². The van der Waals surface area contributed by atoms with Gasteiger partial charge in [-0.05, 0) is 100 Å². The van der Waals surface area contributed by atoms with Gasteiger partial charge in [0.15, 0.2) is 0 Å². The van der Waals surface area contributed by atoms with Crippen molar-refractivity contribution in [3.8, 4) is 5.75 Å². The SMILES string of the molecule is CCN(CCOC(=O)C(C)(C)CCC(C)(C)C(=O)OC)c1ccc(N=Nc2sc3cc(OC)ccc3[n+]2C)cc1.CS(=O)(=O)[O-]. The quantitative estimate of drug-likeness (QED) is 0.0972. The van der Waals surface area contributed by atoms with Gasteiger partial charge in [-0.2, -0.15) is 0 Å². The zero-order chi connectivity index (χ0) is 34.0. The minimum Gasteiger partial charge on any atom is -0.748 e. The largest absolute Gasteiger partial charge is 0.748 e. The maximum atomic E-state index is 12.8. The van der Waals surface area contributed by atoms with Gasteiger partial charge in [-0.1, -0.05) is 0 Å². The normalized spacial score (nSPS) is 12.0. The van der Waals surface area contributed by atoms with Crippen molar-refractivity contribution < 1.29 is 41.3 Å². The Morgan fingerprint density at radius 2 is 1.56 bits per heavy atom. The second-order valence-electron chi connectivity index (χ2n) is 11.7. The fourth-order valence-corrected chi connectivity index (χ4v) is 5.19. The van der Waals surface area contributed by atoms with E-state index < -0.39 is 20.9 Å². The van der Waals surface area contributed by atoms with E-state index in [1.807, 2.05) is 81.8 Å². The van der Waals surface area contributed by atoms with Crippen molar-refractivity contribution in [2.24, 2.45) is 28.1 Å². The van der Waals surface area contributed by atoms with Crippen LogP contribution < -0.4 is 14.2 Å². The van der Waals surface area contributed by atoms with E-state index in [0.29, 0.717) is 25.6 Å². The summed E-state index contributed by atoms with van der Waals surface area (Å²) < 4.78 is 46.2. The number of benzene rings is 2. The maximum absolute atomic E-state index is 12.8. The lowest BCUT2D eigenvalue weighted by atomic mass is 9.79. The molecule has 0 aliphatic rings. The number of ether oxygens (including phenoxy) is 3. The van der Waals surface area contributed by atoms with Crippen molar-refractivity contribution in [1.29, 1.82) is 0 Å². The number of hydrogen-bond acceptors (Lipinski definition) is 12. The fraction of sp³-hybridized carbons (Fsp3) is 0.516. The second-order valence-corrected chi connectivity index (χ2v) is 14.1. The number of aryl methyl sites for hydroxylation is 1. The lowest BCUT2D eigenvalue weighted by Gasteiger charge is -2.28. The molecule has 0 unspecified atom stereocenters. The van der Waals surface area contributed by atoms with Crippen molar-refractivity contribution in [2.45, 2.75) is 47.5 Å². The van der Waals surface area contributed by atoms with E-state index in [0.717, 1.165) is 39.0 Å². The molecule has 0 aliphatic carbocycles. The molecule has 45 heavy (non-hydrogen) atoms. The van der Waals surface area contributed by atoms with Gasteiger partial charge in [0.25, 0.3) is 0 Å². The van der Waals surface area contributed by atoms with Crippen LogP contribution in [0.15, 0.2) is 52.7 Å². The Kier molecular flexibility index (Phi) is 13.4. The Bertz CT molecular complexity index is 1570. The molecular weight excluding hydrogens is 620 g/mol. The number of carbonyl (C=O) groups excluding carboxylic acids is 2. The molecule has 1 aromatic heterocycles. The Morgan fingerprint density at radius 3 is 2.09 bits per heavy atom. The van der Waals surface area contributed by atoms with Crippen LogP contribution in [0.25, 0.3) is 10.2 Å². The topological polar surface area (TPSA) is 151 Å². The van der Waals surface area contributed by atoms with Crippen LogP contribution in [0.3, 0.4) is 0 Å². The molecule has 0 amide bonds. The molecule has 0 saturated carbocycles. The molecule has 0 N–H and O–H groups in total. The number of aromatic nitrogens is 1. The van der Waals surface area contributed by atoms with Gasteiger partial charge in [-0.25, -0.2) is 13.0 Å². The number of fused-ring (bicyclic) bond motifs is 1. The number of likely N-dealkylation sites (N-methyl/N-ethyl adjacent to an activating group) is 1. The molecule has 0 aliphatic heterocycles. The zero-order valence-electron chi connectivity index (χ0n) is 27.4. The van der Waals surface area contributed by atoms with Crippen molar-refractivity contribution in [1.82, 2.24) is 0 Å². The molecule has 3 rings (SSSR count). The molecule has 2 aromatic carbocycles. The van der Waals surface area contributed by atoms with Crippen LogP contribution in [-0.2, 0) is 36.2 Å². The maximum Gasteiger partial charge on any atom is 0.409 e. The van der Waals surface area contributed by atoms with Crippen LogP contribution in [0.5, 0.6) is 5.75 Å². The summed E-state index contributed by atoms with van der Waals surface area (Å²) in [6.45, 7) is 11.0. The third-order valence-corrected chi connectivity index (χ3v) is 8.21. The van der Waals surface area contributed by atoms with Gasteiger partial charge >= 0.3 is 17.1 Å². The molecule has 14 heteroatoms. The van der Waals surface area contributed by atoms with E-state index in [1.54, 1.807) is 18.4 Å². The summed E-state index contributed by atoms with van der Waals surface area (Å²) in [5.74, 6) is 0.262. The number of thiazole rings is 1. The predicted octanol–water partition coefficient (Wildman–Crippen LogP) is 5.69. The number of nitrogens with zero attached hydrogens (tertiary/aromatic N) is 4.